The van der Waals surface area contributed by atoms with Crippen LogP contribution >= 0.6 is 11.6 Å². The standard InChI is InChI=1S/C28H16ClNO7/c29-22-11-9-17(13-23(22)30(34)35)27(32)20-7-3-4-8-21(20)28(33)36-15-18-14-25(31)37-24-12-10-16-5-1-2-6-19(16)26(18)24/h1-14H,15H2. The second kappa shape index (κ2) is 9.67. The molecule has 0 unspecified atom stereocenters. The van der Waals surface area contributed by atoms with Gasteiger partial charge in [-0.25, -0.2) is 9.59 Å². The first-order valence-electron chi connectivity index (χ1n) is 11.0. The van der Waals surface area contributed by atoms with Gasteiger partial charge in [0.1, 0.15) is 17.2 Å². The molecule has 0 amide bonds. The summed E-state index contributed by atoms with van der Waals surface area (Å²) in [4.78, 5) is 48.9. The highest BCUT2D eigenvalue weighted by Gasteiger charge is 2.22. The molecule has 0 radical (unpaired) electrons. The lowest BCUT2D eigenvalue weighted by atomic mass is 9.98. The molecule has 5 aromatic rings. The highest BCUT2D eigenvalue weighted by molar-refractivity contribution is 6.33. The summed E-state index contributed by atoms with van der Waals surface area (Å²) < 4.78 is 10.9. The van der Waals surface area contributed by atoms with Crippen LogP contribution in [0.1, 0.15) is 31.8 Å². The second-order valence-corrected chi connectivity index (χ2v) is 8.53. The zero-order valence-corrected chi connectivity index (χ0v) is 19.7. The van der Waals surface area contributed by atoms with Crippen molar-refractivity contribution < 1.29 is 23.7 Å². The molecule has 0 aliphatic carbocycles. The molecule has 182 valence electrons. The average molecular weight is 514 g/mol. The number of hydrogen-bond donors (Lipinski definition) is 0. The van der Waals surface area contributed by atoms with Crippen LogP contribution in [0.4, 0.5) is 5.69 Å². The Labute approximate surface area is 213 Å². The third kappa shape index (κ3) is 4.57. The molecule has 0 spiro atoms. The second-order valence-electron chi connectivity index (χ2n) is 8.12. The number of ketones is 1. The van der Waals surface area contributed by atoms with Crippen molar-refractivity contribution in [3.8, 4) is 0 Å². The number of nitro groups is 1. The maximum Gasteiger partial charge on any atom is 0.339 e. The van der Waals surface area contributed by atoms with Crippen molar-refractivity contribution in [2.45, 2.75) is 6.61 Å². The van der Waals surface area contributed by atoms with Gasteiger partial charge in [-0.15, -0.1) is 0 Å². The summed E-state index contributed by atoms with van der Waals surface area (Å²) in [6, 6.07) is 22.0. The molecule has 4 aromatic carbocycles. The topological polar surface area (TPSA) is 117 Å². The zero-order valence-electron chi connectivity index (χ0n) is 19.0. The lowest BCUT2D eigenvalue weighted by Gasteiger charge is -2.11. The number of carbonyl (C=O) groups is 2. The van der Waals surface area contributed by atoms with Gasteiger partial charge in [0.25, 0.3) is 5.69 Å². The third-order valence-electron chi connectivity index (χ3n) is 5.87. The number of rotatable bonds is 6. The van der Waals surface area contributed by atoms with E-state index in [4.69, 9.17) is 20.8 Å². The van der Waals surface area contributed by atoms with Crippen molar-refractivity contribution >= 4 is 50.8 Å². The first kappa shape index (κ1) is 23.9. The Bertz CT molecular complexity index is 1790. The fraction of sp³-hybridized carbons (Fsp3) is 0.0357. The van der Waals surface area contributed by atoms with Gasteiger partial charge in [-0.2, -0.15) is 0 Å². The number of halogens is 1. The first-order chi connectivity index (χ1) is 17.8. The number of nitro benzene ring substituents is 1. The quantitative estimate of drug-likeness (QED) is 0.0672. The van der Waals surface area contributed by atoms with Crippen molar-refractivity contribution in [3.63, 3.8) is 0 Å². The minimum absolute atomic E-state index is 0.00511. The lowest BCUT2D eigenvalue weighted by molar-refractivity contribution is -0.384. The van der Waals surface area contributed by atoms with Crippen molar-refractivity contribution in [3.05, 3.63) is 133 Å². The number of ether oxygens (including phenoxy) is 1. The Morgan fingerprint density at radius 1 is 0.919 bits per heavy atom. The number of esters is 1. The molecule has 0 aliphatic heterocycles. The molecule has 0 saturated heterocycles. The Morgan fingerprint density at radius 2 is 1.65 bits per heavy atom. The monoisotopic (exact) mass is 513 g/mol. The molecule has 0 atom stereocenters. The predicted octanol–water partition coefficient (Wildman–Crippen LogP) is 6.10. The molecule has 0 bridgehead atoms. The van der Waals surface area contributed by atoms with Gasteiger partial charge in [-0.05, 0) is 35.0 Å². The molecule has 0 N–H and O–H groups in total. The number of carbonyl (C=O) groups excluding carboxylic acids is 2. The van der Waals surface area contributed by atoms with Gasteiger partial charge in [0.2, 0.25) is 0 Å². The van der Waals surface area contributed by atoms with E-state index in [2.05, 4.69) is 0 Å². The van der Waals surface area contributed by atoms with Gasteiger partial charge in [0.05, 0.1) is 10.5 Å². The normalized spacial score (nSPS) is 10.9. The summed E-state index contributed by atoms with van der Waals surface area (Å²) in [6.45, 7) is -0.246. The maximum absolute atomic E-state index is 13.2. The van der Waals surface area contributed by atoms with E-state index in [-0.39, 0.29) is 28.3 Å². The molecular formula is C28H16ClNO7. The van der Waals surface area contributed by atoms with Crippen LogP contribution in [0.3, 0.4) is 0 Å². The van der Waals surface area contributed by atoms with Crippen molar-refractivity contribution in [2.75, 3.05) is 0 Å². The summed E-state index contributed by atoms with van der Waals surface area (Å²) in [5.41, 5.74) is -0.224. The summed E-state index contributed by atoms with van der Waals surface area (Å²) in [6.07, 6.45) is 0. The molecule has 1 heterocycles. The fourth-order valence-electron chi connectivity index (χ4n) is 4.16. The van der Waals surface area contributed by atoms with Gasteiger partial charge in [-0.3, -0.25) is 14.9 Å². The molecule has 37 heavy (non-hydrogen) atoms. The van der Waals surface area contributed by atoms with E-state index >= 15 is 0 Å². The molecule has 0 aliphatic rings. The Morgan fingerprint density at radius 3 is 2.43 bits per heavy atom. The average Bonchev–Trinajstić information content (AvgIpc) is 2.90. The van der Waals surface area contributed by atoms with Gasteiger partial charge in [0.15, 0.2) is 5.78 Å². The van der Waals surface area contributed by atoms with Crippen LogP contribution in [0.25, 0.3) is 21.7 Å². The molecule has 1 aromatic heterocycles. The van der Waals surface area contributed by atoms with Crippen LogP contribution in [0, 0.1) is 10.1 Å². The summed E-state index contributed by atoms with van der Waals surface area (Å²) >= 11 is 5.86. The van der Waals surface area contributed by atoms with E-state index in [0.717, 1.165) is 16.8 Å². The molecule has 8 nitrogen and oxygen atoms in total. The minimum atomic E-state index is -0.797. The van der Waals surface area contributed by atoms with Crippen LogP contribution in [-0.2, 0) is 11.3 Å². The Hall–Kier alpha value is -4.82. The van der Waals surface area contributed by atoms with Crippen molar-refractivity contribution in [1.82, 2.24) is 0 Å². The van der Waals surface area contributed by atoms with Crippen molar-refractivity contribution in [1.29, 1.82) is 0 Å². The van der Waals surface area contributed by atoms with Gasteiger partial charge >= 0.3 is 11.6 Å². The van der Waals surface area contributed by atoms with E-state index in [0.29, 0.717) is 16.5 Å². The predicted molar refractivity (Wildman–Crippen MR) is 137 cm³/mol. The summed E-state index contributed by atoms with van der Waals surface area (Å²) in [5, 5.41) is 13.5. The van der Waals surface area contributed by atoms with E-state index < -0.39 is 28.0 Å². The molecule has 0 saturated carbocycles. The van der Waals surface area contributed by atoms with Gasteiger partial charge in [-0.1, -0.05) is 60.1 Å². The van der Waals surface area contributed by atoms with E-state index in [9.17, 15) is 24.5 Å². The zero-order chi connectivity index (χ0) is 26.1. The number of benzene rings is 4. The third-order valence-corrected chi connectivity index (χ3v) is 6.19. The van der Waals surface area contributed by atoms with Crippen LogP contribution in [0.15, 0.2) is 94.1 Å². The molecule has 5 rings (SSSR count). The largest absolute Gasteiger partial charge is 0.457 e. The summed E-state index contributed by atoms with van der Waals surface area (Å²) in [7, 11) is 0. The van der Waals surface area contributed by atoms with Crippen LogP contribution < -0.4 is 5.63 Å². The SMILES string of the molecule is O=C(OCc1cc(=O)oc2ccc3ccccc3c12)c1ccccc1C(=O)c1ccc(Cl)c([N+](=O)[O-])c1. The summed E-state index contributed by atoms with van der Waals surface area (Å²) in [5.74, 6) is -1.40. The molecule has 9 heteroatoms. The fourth-order valence-corrected chi connectivity index (χ4v) is 4.35. The Balaban J connectivity index is 1.48. The smallest absolute Gasteiger partial charge is 0.339 e. The van der Waals surface area contributed by atoms with E-state index in [1.165, 1.54) is 30.3 Å². The first-order valence-corrected chi connectivity index (χ1v) is 11.4. The number of hydrogen-bond acceptors (Lipinski definition) is 7. The van der Waals surface area contributed by atoms with Crippen LogP contribution in [0.5, 0.6) is 0 Å². The lowest BCUT2D eigenvalue weighted by Crippen LogP contribution is -2.13. The highest BCUT2D eigenvalue weighted by Crippen LogP contribution is 2.29. The van der Waals surface area contributed by atoms with Crippen LogP contribution in [0.2, 0.25) is 5.02 Å². The van der Waals surface area contributed by atoms with Gasteiger partial charge in [0, 0.05) is 34.2 Å². The number of fused-ring (bicyclic) bond motifs is 3. The maximum atomic E-state index is 13.2. The Kier molecular flexibility index (Phi) is 6.25. The van der Waals surface area contributed by atoms with E-state index in [1.807, 2.05) is 30.3 Å². The number of nitrogens with zero attached hydrogens (tertiary/aromatic N) is 1. The van der Waals surface area contributed by atoms with Crippen molar-refractivity contribution in [2.24, 2.45) is 0 Å². The van der Waals surface area contributed by atoms with Crippen LogP contribution in [-0.4, -0.2) is 16.7 Å². The highest BCUT2D eigenvalue weighted by atomic mass is 35.5. The minimum Gasteiger partial charge on any atom is -0.457 e. The molecular weight excluding hydrogens is 498 g/mol. The molecule has 0 fully saturated rings. The van der Waals surface area contributed by atoms with Gasteiger partial charge < -0.3 is 9.15 Å². The van der Waals surface area contributed by atoms with E-state index in [1.54, 1.807) is 18.2 Å².